The molecule has 0 radical (unpaired) electrons. The van der Waals surface area contributed by atoms with E-state index in [1.165, 1.54) is 36.4 Å². The van der Waals surface area contributed by atoms with E-state index in [0.717, 1.165) is 20.7 Å². The monoisotopic (exact) mass is 503 g/mol. The van der Waals surface area contributed by atoms with Crippen molar-refractivity contribution in [3.8, 4) is 0 Å². The average Bonchev–Trinajstić information content (AvgIpc) is 2.86. The summed E-state index contributed by atoms with van der Waals surface area (Å²) in [7, 11) is -8.06. The van der Waals surface area contributed by atoms with Gasteiger partial charge in [0.05, 0.1) is 9.79 Å². The van der Waals surface area contributed by atoms with Crippen LogP contribution in [0.25, 0.3) is 0 Å². The van der Waals surface area contributed by atoms with Crippen molar-refractivity contribution >= 4 is 31.6 Å². The molecule has 1 N–H and O–H groups in total. The Kier molecular flexibility index (Phi) is 6.80. The van der Waals surface area contributed by atoms with Gasteiger partial charge in [0, 0.05) is 25.3 Å². The quantitative estimate of drug-likeness (QED) is 0.557. The van der Waals surface area contributed by atoms with Crippen LogP contribution in [0, 0.1) is 5.82 Å². The Morgan fingerprint density at radius 2 is 1.29 bits per heavy atom. The summed E-state index contributed by atoms with van der Waals surface area (Å²) >= 11 is 0. The zero-order chi connectivity index (χ0) is 24.3. The first-order chi connectivity index (χ1) is 16.2. The lowest BCUT2D eigenvalue weighted by molar-refractivity contribution is -0.120. The Morgan fingerprint density at radius 1 is 0.765 bits per heavy atom. The van der Waals surface area contributed by atoms with Gasteiger partial charge in [-0.25, -0.2) is 21.2 Å². The third-order valence-electron chi connectivity index (χ3n) is 5.44. The standard InChI is InChI=1S/C23H22FN3O5S2/c24-18-11-13-19(14-12-18)25-23(28)22-17-26(33(29,30)20-7-3-1-4-8-20)15-16-27(22)34(31,32)21-9-5-2-6-10-21/h1-14,22H,15-17H2,(H,25,28)/t22-/m0/s1. The number of amides is 1. The van der Waals surface area contributed by atoms with Gasteiger partial charge in [0.1, 0.15) is 11.9 Å². The van der Waals surface area contributed by atoms with E-state index in [4.69, 9.17) is 0 Å². The van der Waals surface area contributed by atoms with E-state index in [9.17, 15) is 26.0 Å². The van der Waals surface area contributed by atoms with Gasteiger partial charge in [0.25, 0.3) is 0 Å². The molecule has 0 aromatic heterocycles. The minimum Gasteiger partial charge on any atom is -0.325 e. The number of carbonyl (C=O) groups excluding carboxylic acids is 1. The Labute approximate surface area is 197 Å². The van der Waals surface area contributed by atoms with Gasteiger partial charge in [-0.15, -0.1) is 0 Å². The third kappa shape index (κ3) is 4.87. The first-order valence-electron chi connectivity index (χ1n) is 10.4. The van der Waals surface area contributed by atoms with Gasteiger partial charge in [-0.3, -0.25) is 4.79 Å². The highest BCUT2D eigenvalue weighted by Gasteiger charge is 2.43. The fourth-order valence-corrected chi connectivity index (χ4v) is 6.74. The van der Waals surface area contributed by atoms with Crippen molar-refractivity contribution in [2.45, 2.75) is 15.8 Å². The highest BCUT2D eigenvalue weighted by Crippen LogP contribution is 2.26. The lowest BCUT2D eigenvalue weighted by Gasteiger charge is -2.38. The fraction of sp³-hybridized carbons (Fsp3) is 0.174. The van der Waals surface area contributed by atoms with Gasteiger partial charge < -0.3 is 5.32 Å². The number of piperazine rings is 1. The highest BCUT2D eigenvalue weighted by atomic mass is 32.2. The lowest BCUT2D eigenvalue weighted by atomic mass is 10.2. The zero-order valence-electron chi connectivity index (χ0n) is 17.9. The molecule has 0 spiro atoms. The number of nitrogens with one attached hydrogen (secondary N) is 1. The number of hydrogen-bond acceptors (Lipinski definition) is 5. The molecule has 0 bridgehead atoms. The summed E-state index contributed by atoms with van der Waals surface area (Å²) in [6.07, 6.45) is 0. The van der Waals surface area contributed by atoms with E-state index in [1.54, 1.807) is 36.4 Å². The summed E-state index contributed by atoms with van der Waals surface area (Å²) in [4.78, 5) is 13.3. The Bertz CT molecular complexity index is 1370. The molecule has 4 rings (SSSR count). The van der Waals surface area contributed by atoms with Crippen LogP contribution in [0.4, 0.5) is 10.1 Å². The summed E-state index contributed by atoms with van der Waals surface area (Å²) in [6, 6.07) is 19.0. The van der Waals surface area contributed by atoms with Crippen molar-refractivity contribution in [1.29, 1.82) is 0 Å². The van der Waals surface area contributed by atoms with Gasteiger partial charge in [0.15, 0.2) is 0 Å². The molecule has 0 aliphatic carbocycles. The molecule has 0 unspecified atom stereocenters. The van der Waals surface area contributed by atoms with Gasteiger partial charge in [-0.2, -0.15) is 8.61 Å². The Morgan fingerprint density at radius 3 is 1.85 bits per heavy atom. The largest absolute Gasteiger partial charge is 0.325 e. The summed E-state index contributed by atoms with van der Waals surface area (Å²) in [6.45, 7) is -0.718. The Balaban J connectivity index is 1.68. The maximum Gasteiger partial charge on any atom is 0.244 e. The number of halogens is 1. The second-order valence-corrected chi connectivity index (χ2v) is 11.4. The van der Waals surface area contributed by atoms with Gasteiger partial charge in [-0.05, 0) is 48.5 Å². The number of sulfonamides is 2. The van der Waals surface area contributed by atoms with Crippen LogP contribution in [0.5, 0.6) is 0 Å². The van der Waals surface area contributed by atoms with Crippen LogP contribution in [-0.2, 0) is 24.8 Å². The number of rotatable bonds is 6. The van der Waals surface area contributed by atoms with E-state index in [1.807, 2.05) is 0 Å². The predicted molar refractivity (Wildman–Crippen MR) is 124 cm³/mol. The fourth-order valence-electron chi connectivity index (χ4n) is 3.69. The summed E-state index contributed by atoms with van der Waals surface area (Å²) < 4.78 is 68.4. The molecule has 0 saturated carbocycles. The second kappa shape index (κ2) is 9.63. The molecule has 1 heterocycles. The molecule has 1 aliphatic heterocycles. The van der Waals surface area contributed by atoms with Crippen molar-refractivity contribution in [3.05, 3.63) is 90.7 Å². The summed E-state index contributed by atoms with van der Waals surface area (Å²) in [5.74, 6) is -1.22. The van der Waals surface area contributed by atoms with Crippen LogP contribution in [0.2, 0.25) is 0 Å². The van der Waals surface area contributed by atoms with E-state index in [2.05, 4.69) is 5.32 Å². The van der Waals surface area contributed by atoms with E-state index < -0.39 is 37.8 Å². The second-order valence-electron chi connectivity index (χ2n) is 7.62. The number of anilines is 1. The average molecular weight is 504 g/mol. The first-order valence-corrected chi connectivity index (χ1v) is 13.3. The molecular weight excluding hydrogens is 481 g/mol. The summed E-state index contributed by atoms with van der Waals surface area (Å²) in [5.41, 5.74) is 0.256. The zero-order valence-corrected chi connectivity index (χ0v) is 19.5. The van der Waals surface area contributed by atoms with Crippen LogP contribution in [0.1, 0.15) is 0 Å². The van der Waals surface area contributed by atoms with Crippen LogP contribution < -0.4 is 5.32 Å². The van der Waals surface area contributed by atoms with E-state index in [0.29, 0.717) is 0 Å². The van der Waals surface area contributed by atoms with Crippen molar-refractivity contribution in [2.75, 3.05) is 25.0 Å². The molecule has 1 aliphatic rings. The van der Waals surface area contributed by atoms with Crippen molar-refractivity contribution < 1.29 is 26.0 Å². The van der Waals surface area contributed by atoms with Crippen LogP contribution in [0.3, 0.4) is 0 Å². The number of hydrogen-bond donors (Lipinski definition) is 1. The molecule has 1 amide bonds. The first kappa shape index (κ1) is 24.0. The molecule has 3 aromatic rings. The molecule has 178 valence electrons. The van der Waals surface area contributed by atoms with Crippen molar-refractivity contribution in [1.82, 2.24) is 8.61 Å². The van der Waals surface area contributed by atoms with Crippen molar-refractivity contribution in [2.24, 2.45) is 0 Å². The number of benzene rings is 3. The maximum atomic E-state index is 13.4. The summed E-state index contributed by atoms with van der Waals surface area (Å²) in [5, 5.41) is 2.57. The van der Waals surface area contributed by atoms with Gasteiger partial charge >= 0.3 is 0 Å². The molecule has 1 fully saturated rings. The Hall–Kier alpha value is -3.12. The SMILES string of the molecule is O=C(Nc1ccc(F)cc1)[C@@H]1CN(S(=O)(=O)c2ccccc2)CCN1S(=O)(=O)c1ccccc1. The normalized spacial score (nSPS) is 17.9. The van der Waals surface area contributed by atoms with Gasteiger partial charge in [-0.1, -0.05) is 36.4 Å². The molecule has 8 nitrogen and oxygen atoms in total. The van der Waals surface area contributed by atoms with Crippen LogP contribution in [-0.4, -0.2) is 57.0 Å². The topological polar surface area (TPSA) is 104 Å². The number of nitrogens with zero attached hydrogens (tertiary/aromatic N) is 2. The van der Waals surface area contributed by atoms with E-state index in [-0.39, 0.29) is 35.1 Å². The molecule has 11 heteroatoms. The van der Waals surface area contributed by atoms with E-state index >= 15 is 0 Å². The molecule has 1 saturated heterocycles. The van der Waals surface area contributed by atoms with Crippen LogP contribution >= 0.6 is 0 Å². The molecule has 1 atom stereocenters. The van der Waals surface area contributed by atoms with Crippen molar-refractivity contribution in [3.63, 3.8) is 0 Å². The van der Waals surface area contributed by atoms with Gasteiger partial charge in [0.2, 0.25) is 26.0 Å². The smallest absolute Gasteiger partial charge is 0.244 e. The third-order valence-corrected chi connectivity index (χ3v) is 9.24. The maximum absolute atomic E-state index is 13.4. The van der Waals surface area contributed by atoms with Crippen LogP contribution in [0.15, 0.2) is 94.7 Å². The predicted octanol–water partition coefficient (Wildman–Crippen LogP) is 2.53. The number of carbonyl (C=O) groups is 1. The molecule has 34 heavy (non-hydrogen) atoms. The minimum atomic E-state index is -4.10. The molecule has 3 aromatic carbocycles. The minimum absolute atomic E-state index is 0.00560. The molecular formula is C23H22FN3O5S2. The highest BCUT2D eigenvalue weighted by molar-refractivity contribution is 7.89. The lowest BCUT2D eigenvalue weighted by Crippen LogP contribution is -2.60.